The van der Waals surface area contributed by atoms with Gasteiger partial charge in [-0.1, -0.05) is 0 Å². The number of likely N-dealkylation sites (N-methyl/N-ethyl adjacent to an activating group) is 1. The number of ether oxygens (including phenoxy) is 2. The van der Waals surface area contributed by atoms with Gasteiger partial charge in [0.25, 0.3) is 0 Å². The minimum Gasteiger partial charge on any atom is -0.491 e. The van der Waals surface area contributed by atoms with E-state index in [1.807, 2.05) is 58.9 Å². The van der Waals surface area contributed by atoms with E-state index in [9.17, 15) is 4.79 Å². The summed E-state index contributed by atoms with van der Waals surface area (Å²) in [6.07, 6.45) is 0.193. The van der Waals surface area contributed by atoms with Gasteiger partial charge in [0.2, 0.25) is 5.91 Å². The van der Waals surface area contributed by atoms with Crippen molar-refractivity contribution in [3.63, 3.8) is 0 Å². The van der Waals surface area contributed by atoms with Crippen LogP contribution in [0.5, 0.6) is 5.75 Å². The van der Waals surface area contributed by atoms with Crippen LogP contribution >= 0.6 is 0 Å². The van der Waals surface area contributed by atoms with E-state index in [1.165, 1.54) is 0 Å². The molecule has 1 aromatic rings. The summed E-state index contributed by atoms with van der Waals surface area (Å²) in [5.41, 5.74) is 0.565. The number of nitrogens with one attached hydrogen (secondary N) is 3. The van der Waals surface area contributed by atoms with Gasteiger partial charge in [0.15, 0.2) is 5.96 Å². The summed E-state index contributed by atoms with van der Waals surface area (Å²) in [5, 5.41) is 9.49. The van der Waals surface area contributed by atoms with Crippen molar-refractivity contribution in [3.05, 3.63) is 24.3 Å². The van der Waals surface area contributed by atoms with Gasteiger partial charge < -0.3 is 30.3 Å². The maximum absolute atomic E-state index is 12.2. The molecule has 1 aliphatic heterocycles. The zero-order valence-electron chi connectivity index (χ0n) is 19.1. The van der Waals surface area contributed by atoms with Gasteiger partial charge in [0.05, 0.1) is 18.8 Å². The maximum atomic E-state index is 12.2. The van der Waals surface area contributed by atoms with E-state index in [0.29, 0.717) is 19.1 Å². The Balaban J connectivity index is 2.01. The van der Waals surface area contributed by atoms with Crippen LogP contribution in [-0.4, -0.2) is 74.3 Å². The molecule has 30 heavy (non-hydrogen) atoms. The monoisotopic (exact) mass is 419 g/mol. The molecule has 1 aliphatic rings. The number of nitrogens with zero attached hydrogens (tertiary/aromatic N) is 2. The minimum absolute atomic E-state index is 0.0343. The Bertz CT molecular complexity index is 698. The van der Waals surface area contributed by atoms with Crippen LogP contribution in [0.2, 0.25) is 0 Å². The molecule has 2 rings (SSSR count). The lowest BCUT2D eigenvalue weighted by Gasteiger charge is -2.30. The second-order valence-corrected chi connectivity index (χ2v) is 8.91. The average molecular weight is 420 g/mol. The van der Waals surface area contributed by atoms with Crippen LogP contribution in [0.4, 0.5) is 5.69 Å². The smallest absolute Gasteiger partial charge is 0.242 e. The second-order valence-electron chi connectivity index (χ2n) is 8.91. The van der Waals surface area contributed by atoms with E-state index in [2.05, 4.69) is 32.9 Å². The van der Waals surface area contributed by atoms with Gasteiger partial charge in [0.1, 0.15) is 12.3 Å². The zero-order valence-corrected chi connectivity index (χ0v) is 19.1. The maximum Gasteiger partial charge on any atom is 0.242 e. The van der Waals surface area contributed by atoms with Gasteiger partial charge in [-0.05, 0) is 65.9 Å². The van der Waals surface area contributed by atoms with Gasteiger partial charge in [-0.25, -0.2) is 4.99 Å². The van der Waals surface area contributed by atoms with E-state index < -0.39 is 0 Å². The number of guanidine groups is 1. The highest BCUT2D eigenvalue weighted by Crippen LogP contribution is 2.17. The van der Waals surface area contributed by atoms with Crippen molar-refractivity contribution in [3.8, 4) is 5.75 Å². The molecule has 1 unspecified atom stereocenters. The molecule has 8 nitrogen and oxygen atoms in total. The molecule has 0 bridgehead atoms. The summed E-state index contributed by atoms with van der Waals surface area (Å²) in [4.78, 5) is 18.9. The number of hydrogen-bond acceptors (Lipinski definition) is 5. The molecular weight excluding hydrogens is 382 g/mol. The predicted molar refractivity (Wildman–Crippen MR) is 121 cm³/mol. The fourth-order valence-electron chi connectivity index (χ4n) is 2.97. The summed E-state index contributed by atoms with van der Waals surface area (Å²) in [6, 6.07) is 7.67. The Labute approximate surface area is 180 Å². The first kappa shape index (κ1) is 24.0. The van der Waals surface area contributed by atoms with Crippen LogP contribution in [0, 0.1) is 0 Å². The minimum atomic E-state index is -0.291. The molecule has 1 amide bonds. The Hall–Kier alpha value is -2.32. The van der Waals surface area contributed by atoms with Crippen LogP contribution in [0.25, 0.3) is 0 Å². The van der Waals surface area contributed by atoms with E-state index in [-0.39, 0.29) is 30.2 Å². The van der Waals surface area contributed by atoms with Crippen molar-refractivity contribution < 1.29 is 14.3 Å². The summed E-state index contributed by atoms with van der Waals surface area (Å²) in [6.45, 7) is 13.0. The van der Waals surface area contributed by atoms with Crippen LogP contribution in [0.1, 0.15) is 34.6 Å². The van der Waals surface area contributed by atoms with Crippen molar-refractivity contribution >= 4 is 17.6 Å². The largest absolute Gasteiger partial charge is 0.491 e. The van der Waals surface area contributed by atoms with Gasteiger partial charge >= 0.3 is 0 Å². The SMILES string of the molecule is CC(C)Oc1ccc(NC(=NCC(=O)NC(C)(C)C)NCC2CN(C)CCO2)cc1. The molecule has 1 atom stereocenters. The number of carbonyl (C=O) groups excluding carboxylic acids is 1. The lowest BCUT2D eigenvalue weighted by atomic mass is 10.1. The highest BCUT2D eigenvalue weighted by Gasteiger charge is 2.18. The second kappa shape index (κ2) is 11.2. The molecular formula is C22H37N5O3. The summed E-state index contributed by atoms with van der Waals surface area (Å²) >= 11 is 0. The van der Waals surface area contributed by atoms with Crippen LogP contribution in [0.15, 0.2) is 29.3 Å². The van der Waals surface area contributed by atoms with Gasteiger partial charge in [-0.2, -0.15) is 0 Å². The molecule has 0 radical (unpaired) electrons. The molecule has 1 saturated heterocycles. The van der Waals surface area contributed by atoms with E-state index in [4.69, 9.17) is 9.47 Å². The zero-order chi connectivity index (χ0) is 22.1. The molecule has 0 spiro atoms. The normalized spacial score (nSPS) is 18.2. The molecule has 1 fully saturated rings. The third kappa shape index (κ3) is 9.45. The van der Waals surface area contributed by atoms with Crippen LogP contribution < -0.4 is 20.7 Å². The number of carbonyl (C=O) groups is 1. The van der Waals surface area contributed by atoms with E-state index >= 15 is 0 Å². The molecule has 1 heterocycles. The van der Waals surface area contributed by atoms with Crippen molar-refractivity contribution in [2.75, 3.05) is 45.2 Å². The average Bonchev–Trinajstić information content (AvgIpc) is 2.63. The molecule has 8 heteroatoms. The first-order valence-electron chi connectivity index (χ1n) is 10.5. The quantitative estimate of drug-likeness (QED) is 0.463. The van der Waals surface area contributed by atoms with Crippen molar-refractivity contribution in [1.82, 2.24) is 15.5 Å². The van der Waals surface area contributed by atoms with Gasteiger partial charge in [-0.15, -0.1) is 0 Å². The number of amides is 1. The number of morpholine rings is 1. The number of rotatable bonds is 7. The standard InChI is InChI=1S/C22H37N5O3/c1-16(2)30-18-9-7-17(8-10-18)25-21(24-14-20(28)26-22(3,4)5)23-13-19-15-27(6)11-12-29-19/h7-10,16,19H,11-15H2,1-6H3,(H,26,28)(H2,23,24,25). The summed E-state index contributed by atoms with van der Waals surface area (Å²) < 4.78 is 11.5. The van der Waals surface area contributed by atoms with Crippen LogP contribution in [0.3, 0.4) is 0 Å². The molecule has 168 valence electrons. The highest BCUT2D eigenvalue weighted by molar-refractivity contribution is 5.95. The first-order valence-corrected chi connectivity index (χ1v) is 10.5. The lowest BCUT2D eigenvalue weighted by molar-refractivity contribution is -0.121. The van der Waals surface area contributed by atoms with Crippen molar-refractivity contribution in [2.24, 2.45) is 4.99 Å². The predicted octanol–water partition coefficient (Wildman–Crippen LogP) is 2.08. The van der Waals surface area contributed by atoms with Crippen molar-refractivity contribution in [2.45, 2.75) is 52.4 Å². The summed E-state index contributed by atoms with van der Waals surface area (Å²) in [7, 11) is 2.08. The molecule has 0 aromatic heterocycles. The number of anilines is 1. The fourth-order valence-corrected chi connectivity index (χ4v) is 2.97. The van der Waals surface area contributed by atoms with E-state index in [1.54, 1.807) is 0 Å². The van der Waals surface area contributed by atoms with Crippen LogP contribution in [-0.2, 0) is 9.53 Å². The fraction of sp³-hybridized carbons (Fsp3) is 0.636. The number of hydrogen-bond donors (Lipinski definition) is 3. The third-order valence-corrected chi connectivity index (χ3v) is 4.22. The Kier molecular flexibility index (Phi) is 8.92. The number of benzene rings is 1. The van der Waals surface area contributed by atoms with E-state index in [0.717, 1.165) is 24.5 Å². The Morgan fingerprint density at radius 1 is 1.30 bits per heavy atom. The molecule has 1 aromatic carbocycles. The Morgan fingerprint density at radius 2 is 2.00 bits per heavy atom. The molecule has 3 N–H and O–H groups in total. The molecule has 0 aliphatic carbocycles. The third-order valence-electron chi connectivity index (χ3n) is 4.22. The summed E-state index contributed by atoms with van der Waals surface area (Å²) in [5.74, 6) is 1.22. The lowest BCUT2D eigenvalue weighted by Crippen LogP contribution is -2.47. The number of aliphatic imine (C=N–C) groups is 1. The highest BCUT2D eigenvalue weighted by atomic mass is 16.5. The van der Waals surface area contributed by atoms with Crippen molar-refractivity contribution in [1.29, 1.82) is 0 Å². The van der Waals surface area contributed by atoms with Gasteiger partial charge in [0, 0.05) is 30.9 Å². The Morgan fingerprint density at radius 3 is 2.60 bits per heavy atom. The molecule has 0 saturated carbocycles. The first-order chi connectivity index (χ1) is 14.1. The topological polar surface area (TPSA) is 87.2 Å². The van der Waals surface area contributed by atoms with Gasteiger partial charge in [-0.3, -0.25) is 4.79 Å².